The van der Waals surface area contributed by atoms with E-state index >= 15 is 0 Å². The Hall–Kier alpha value is -1.28. The van der Waals surface area contributed by atoms with Crippen LogP contribution in [0.2, 0.25) is 0 Å². The molecular formula is C16H21Cl3N4O2S. The number of alkyl halides is 3. The minimum Gasteiger partial charge on any atom is -0.339 e. The van der Waals surface area contributed by atoms with Crippen molar-refractivity contribution >= 4 is 75.3 Å². The molecule has 6 nitrogen and oxygen atoms in total. The van der Waals surface area contributed by atoms with Crippen molar-refractivity contribution in [1.82, 2.24) is 10.6 Å². The van der Waals surface area contributed by atoms with Gasteiger partial charge in [0.2, 0.25) is 15.6 Å². The second kappa shape index (κ2) is 9.08. The summed E-state index contributed by atoms with van der Waals surface area (Å²) in [4.78, 5) is 23.2. The first-order chi connectivity index (χ1) is 11.8. The average molecular weight is 440 g/mol. The molecule has 0 aliphatic carbocycles. The number of carbonyl (C=O) groups is 2. The Morgan fingerprint density at radius 2 is 1.42 bits per heavy atom. The van der Waals surface area contributed by atoms with Gasteiger partial charge in [0.1, 0.15) is 6.17 Å². The SMILES string of the molecule is CC(=O)Nc1ccc(NC(=S)NC(NC(=O)C(C)(C)C)C(Cl)(Cl)Cl)cc1. The van der Waals surface area contributed by atoms with Crippen molar-refractivity contribution in [1.29, 1.82) is 0 Å². The van der Waals surface area contributed by atoms with Gasteiger partial charge in [0.05, 0.1) is 0 Å². The Morgan fingerprint density at radius 1 is 0.962 bits per heavy atom. The molecule has 26 heavy (non-hydrogen) atoms. The fourth-order valence-corrected chi connectivity index (χ4v) is 2.25. The third-order valence-corrected chi connectivity index (χ3v) is 3.90. The van der Waals surface area contributed by atoms with Gasteiger partial charge in [-0.15, -0.1) is 0 Å². The number of benzene rings is 1. The van der Waals surface area contributed by atoms with E-state index < -0.39 is 15.4 Å². The second-order valence-electron chi connectivity index (χ2n) is 6.56. The highest BCUT2D eigenvalue weighted by atomic mass is 35.6. The van der Waals surface area contributed by atoms with Crippen molar-refractivity contribution in [3.8, 4) is 0 Å². The molecule has 0 spiro atoms. The predicted octanol–water partition coefficient (Wildman–Crippen LogP) is 3.79. The van der Waals surface area contributed by atoms with E-state index in [0.717, 1.165) is 0 Å². The topological polar surface area (TPSA) is 82.3 Å². The van der Waals surface area contributed by atoms with Gasteiger partial charge in [0.25, 0.3) is 0 Å². The van der Waals surface area contributed by atoms with E-state index in [9.17, 15) is 9.59 Å². The van der Waals surface area contributed by atoms with Crippen molar-refractivity contribution in [2.24, 2.45) is 5.41 Å². The molecule has 0 aliphatic rings. The van der Waals surface area contributed by atoms with Gasteiger partial charge >= 0.3 is 0 Å². The lowest BCUT2D eigenvalue weighted by Crippen LogP contribution is -2.58. The van der Waals surface area contributed by atoms with E-state index in [1.807, 2.05) is 0 Å². The van der Waals surface area contributed by atoms with Gasteiger partial charge in [-0.2, -0.15) is 0 Å². The molecule has 1 aromatic carbocycles. The predicted molar refractivity (Wildman–Crippen MR) is 112 cm³/mol. The molecule has 2 amide bonds. The number of nitrogens with one attached hydrogen (secondary N) is 4. The van der Waals surface area contributed by atoms with Crippen LogP contribution in [-0.4, -0.2) is 26.9 Å². The van der Waals surface area contributed by atoms with Crippen LogP contribution in [0, 0.1) is 5.41 Å². The zero-order chi connectivity index (χ0) is 20.1. The third-order valence-electron chi connectivity index (χ3n) is 3.02. The van der Waals surface area contributed by atoms with E-state index in [2.05, 4.69) is 21.3 Å². The standard InChI is InChI=1S/C16H21Cl3N4O2S/c1-9(24)20-10-5-7-11(8-6-10)21-14(26)23-12(16(17,18)19)22-13(25)15(2,3)4/h5-8,12H,1-4H3,(H,20,24)(H,22,25)(H2,21,23,26). The Bertz CT molecular complexity index is 670. The molecule has 1 rings (SSSR count). The third kappa shape index (κ3) is 7.95. The molecule has 1 aromatic rings. The van der Waals surface area contributed by atoms with Gasteiger partial charge in [-0.25, -0.2) is 0 Å². The number of thiocarbonyl (C=S) groups is 1. The summed E-state index contributed by atoms with van der Waals surface area (Å²) in [5.74, 6) is -0.466. The van der Waals surface area contributed by atoms with Gasteiger partial charge in [-0.05, 0) is 36.5 Å². The molecule has 144 valence electrons. The summed E-state index contributed by atoms with van der Waals surface area (Å²) in [6, 6.07) is 6.86. The van der Waals surface area contributed by atoms with E-state index in [0.29, 0.717) is 11.4 Å². The van der Waals surface area contributed by atoms with E-state index in [4.69, 9.17) is 47.0 Å². The lowest BCUT2D eigenvalue weighted by molar-refractivity contribution is -0.129. The first-order valence-electron chi connectivity index (χ1n) is 7.62. The van der Waals surface area contributed by atoms with E-state index in [-0.39, 0.29) is 16.9 Å². The fraction of sp³-hybridized carbons (Fsp3) is 0.438. The number of halogens is 3. The van der Waals surface area contributed by atoms with Crippen LogP contribution >= 0.6 is 47.0 Å². The van der Waals surface area contributed by atoms with Gasteiger partial charge in [-0.1, -0.05) is 55.6 Å². The molecular weight excluding hydrogens is 419 g/mol. The molecule has 0 heterocycles. The number of carbonyl (C=O) groups excluding carboxylic acids is 2. The molecule has 0 aromatic heterocycles. The Labute approximate surface area is 173 Å². The molecule has 0 saturated carbocycles. The van der Waals surface area contributed by atoms with Crippen molar-refractivity contribution in [3.05, 3.63) is 24.3 Å². The van der Waals surface area contributed by atoms with Crippen LogP contribution in [0.4, 0.5) is 11.4 Å². The second-order valence-corrected chi connectivity index (χ2v) is 9.33. The summed E-state index contributed by atoms with van der Waals surface area (Å²) in [5, 5.41) is 11.1. The lowest BCUT2D eigenvalue weighted by atomic mass is 9.95. The number of amides is 2. The summed E-state index contributed by atoms with van der Waals surface area (Å²) in [6.45, 7) is 6.65. The summed E-state index contributed by atoms with van der Waals surface area (Å²) in [5.41, 5.74) is 0.644. The maximum absolute atomic E-state index is 12.2. The zero-order valence-electron chi connectivity index (χ0n) is 14.7. The molecule has 0 radical (unpaired) electrons. The maximum Gasteiger partial charge on any atom is 0.228 e. The van der Waals surface area contributed by atoms with Gasteiger partial charge < -0.3 is 21.3 Å². The number of hydrogen-bond donors (Lipinski definition) is 4. The molecule has 0 fully saturated rings. The Morgan fingerprint density at radius 3 is 1.81 bits per heavy atom. The largest absolute Gasteiger partial charge is 0.339 e. The number of hydrogen-bond acceptors (Lipinski definition) is 3. The highest BCUT2D eigenvalue weighted by Gasteiger charge is 2.36. The molecule has 0 aliphatic heterocycles. The fourth-order valence-electron chi connectivity index (χ4n) is 1.69. The summed E-state index contributed by atoms with van der Waals surface area (Å²) < 4.78 is -1.82. The minimum absolute atomic E-state index is 0.155. The van der Waals surface area contributed by atoms with Crippen LogP contribution in [0.15, 0.2) is 24.3 Å². The molecule has 0 saturated heterocycles. The quantitative estimate of drug-likeness (QED) is 0.326. The first kappa shape index (κ1) is 22.8. The summed E-state index contributed by atoms with van der Waals surface area (Å²) >= 11 is 23.0. The monoisotopic (exact) mass is 438 g/mol. The highest BCUT2D eigenvalue weighted by molar-refractivity contribution is 7.80. The lowest BCUT2D eigenvalue weighted by Gasteiger charge is -2.30. The van der Waals surface area contributed by atoms with Crippen LogP contribution in [-0.2, 0) is 9.59 Å². The van der Waals surface area contributed by atoms with Crippen LogP contribution in [0.3, 0.4) is 0 Å². The molecule has 1 atom stereocenters. The van der Waals surface area contributed by atoms with Crippen molar-refractivity contribution < 1.29 is 9.59 Å². The number of anilines is 2. The molecule has 1 unspecified atom stereocenters. The van der Waals surface area contributed by atoms with Crippen molar-refractivity contribution in [3.63, 3.8) is 0 Å². The molecule has 0 bridgehead atoms. The normalized spacial score (nSPS) is 12.7. The van der Waals surface area contributed by atoms with Gasteiger partial charge in [-0.3, -0.25) is 9.59 Å². The van der Waals surface area contributed by atoms with Crippen molar-refractivity contribution in [2.45, 2.75) is 37.7 Å². The first-order valence-corrected chi connectivity index (χ1v) is 9.16. The van der Waals surface area contributed by atoms with Crippen LogP contribution in [0.25, 0.3) is 0 Å². The smallest absolute Gasteiger partial charge is 0.228 e. The van der Waals surface area contributed by atoms with Gasteiger partial charge in [0.15, 0.2) is 5.11 Å². The van der Waals surface area contributed by atoms with E-state index in [1.54, 1.807) is 45.0 Å². The summed E-state index contributed by atoms with van der Waals surface area (Å²) in [6.07, 6.45) is -1.03. The average Bonchev–Trinajstić information content (AvgIpc) is 2.46. The Balaban J connectivity index is 2.75. The Kier molecular flexibility index (Phi) is 7.95. The molecule has 4 N–H and O–H groups in total. The van der Waals surface area contributed by atoms with Gasteiger partial charge in [0, 0.05) is 23.7 Å². The molecule has 10 heteroatoms. The van der Waals surface area contributed by atoms with Crippen LogP contribution in [0.1, 0.15) is 27.7 Å². The van der Waals surface area contributed by atoms with Crippen molar-refractivity contribution in [2.75, 3.05) is 10.6 Å². The van der Waals surface area contributed by atoms with Crippen LogP contribution < -0.4 is 21.3 Å². The minimum atomic E-state index is -1.82. The van der Waals surface area contributed by atoms with Crippen LogP contribution in [0.5, 0.6) is 0 Å². The maximum atomic E-state index is 12.2. The summed E-state index contributed by atoms with van der Waals surface area (Å²) in [7, 11) is 0. The number of rotatable bonds is 4. The highest BCUT2D eigenvalue weighted by Crippen LogP contribution is 2.30. The zero-order valence-corrected chi connectivity index (χ0v) is 17.8. The van der Waals surface area contributed by atoms with E-state index in [1.165, 1.54) is 6.92 Å².